The van der Waals surface area contributed by atoms with Gasteiger partial charge in [0.2, 0.25) is 0 Å². The molecular formula is C27H27BN6OPSW-2. The predicted molar refractivity (Wildman–Crippen MR) is 155 cm³/mol. The zero-order chi connectivity index (χ0) is 27.8. The van der Waals surface area contributed by atoms with Gasteiger partial charge in [0.15, 0.2) is 0 Å². The van der Waals surface area contributed by atoms with Gasteiger partial charge >= 0.3 is 94.5 Å². The molecule has 193 valence electrons. The van der Waals surface area contributed by atoms with Crippen LogP contribution >= 0.6 is 20.1 Å². The monoisotopic (exact) mass is 709 g/mol. The molecule has 38 heavy (non-hydrogen) atoms. The Morgan fingerprint density at radius 1 is 0.816 bits per heavy atom. The number of aromatic nitrogens is 6. The van der Waals surface area contributed by atoms with Gasteiger partial charge in [0, 0.05) is 18.6 Å². The van der Waals surface area contributed by atoms with Crippen molar-refractivity contribution >= 4 is 41.8 Å². The third kappa shape index (κ3) is 10.0. The molecule has 0 saturated carbocycles. The maximum atomic E-state index is 7.50. The number of benzene rings is 2. The summed E-state index contributed by atoms with van der Waals surface area (Å²) in [7, 11) is -0.0900. The molecule has 3 aromatic heterocycles. The second kappa shape index (κ2) is 17.5. The second-order valence-corrected chi connectivity index (χ2v) is 11.8. The second-order valence-electron chi connectivity index (χ2n) is 7.83. The topological polar surface area (TPSA) is 73.4 Å². The van der Waals surface area contributed by atoms with Gasteiger partial charge in [0.05, 0.1) is 0 Å². The van der Waals surface area contributed by atoms with E-state index < -0.39 is 0 Å². The van der Waals surface area contributed by atoms with Gasteiger partial charge < -0.3 is 13.8 Å². The molecule has 5 rings (SSSR count). The first-order chi connectivity index (χ1) is 18.5. The first kappa shape index (κ1) is 31.2. The van der Waals surface area contributed by atoms with Crippen LogP contribution in [0.3, 0.4) is 0 Å². The summed E-state index contributed by atoms with van der Waals surface area (Å²) in [6, 6.07) is 24.6. The van der Waals surface area contributed by atoms with Crippen LogP contribution in [0.2, 0.25) is 0 Å². The molecule has 0 aliphatic carbocycles. The van der Waals surface area contributed by atoms with E-state index in [1.165, 1.54) is 35.8 Å². The molecule has 0 aliphatic rings. The standard InChI is InChI=1S/C9H9BN6.C9H7S.C8H11P.CO.W/c1-4-11-14(7-1)10(15-8-2-5-12-15)16-9-3-6-13-16;1-8-2-4-9(5-3-8)6-7-10;1-9(2)8-6-4-3-5-7-8;1-2;/h1-9H;2-5H,1H3;3-7H,1-2H3;;/q2*-1;;;. The Kier molecular flexibility index (Phi) is 14.3. The smallest absolute Gasteiger partial charge is 0.260 e. The van der Waals surface area contributed by atoms with E-state index in [1.807, 2.05) is 36.8 Å². The maximum Gasteiger partial charge on any atom is 0.260 e. The summed E-state index contributed by atoms with van der Waals surface area (Å²) >= 11 is 6.10. The van der Waals surface area contributed by atoms with Gasteiger partial charge in [-0.25, -0.2) is 15.3 Å². The van der Waals surface area contributed by atoms with Gasteiger partial charge in [-0.15, -0.1) is 0 Å². The van der Waals surface area contributed by atoms with E-state index in [9.17, 15) is 0 Å². The molecule has 5 aromatic rings. The van der Waals surface area contributed by atoms with Crippen molar-refractivity contribution in [2.24, 2.45) is 0 Å². The fourth-order valence-electron chi connectivity index (χ4n) is 3.11. The van der Waals surface area contributed by atoms with Gasteiger partial charge in [-0.05, 0) is 55.4 Å². The summed E-state index contributed by atoms with van der Waals surface area (Å²) < 4.78 is 14.0. The minimum absolute atomic E-state index is 0.104. The number of rotatable bonds is 6. The molecular weight excluding hydrogens is 682 g/mol. The van der Waals surface area contributed by atoms with Crippen LogP contribution in [0.1, 0.15) is 11.1 Å². The summed E-state index contributed by atoms with van der Waals surface area (Å²) in [6.45, 7) is 11.1. The SMILES string of the molecule is CP(C)c1ccccc1.Cc1ccc([C](=[W])[C-]=S)cc1.[C-]#[O+].c1cnn([B-](n2cccn2)n2cccn2)c1. The molecule has 3 heterocycles. The van der Waals surface area contributed by atoms with Crippen LogP contribution < -0.4 is 5.30 Å². The van der Waals surface area contributed by atoms with Crippen molar-refractivity contribution < 1.29 is 24.0 Å². The minimum Gasteiger partial charge on any atom is -0.425 e. The summed E-state index contributed by atoms with van der Waals surface area (Å²) in [6.07, 6.45) is 10.9. The maximum absolute atomic E-state index is 7.50. The van der Waals surface area contributed by atoms with E-state index in [1.54, 1.807) is 32.4 Å². The van der Waals surface area contributed by atoms with E-state index >= 15 is 0 Å². The number of hydrogen-bond donors (Lipinski definition) is 0. The van der Waals surface area contributed by atoms with Gasteiger partial charge in [-0.1, -0.05) is 38.3 Å². The first-order valence-electron chi connectivity index (χ1n) is 11.4. The molecule has 0 fully saturated rings. The van der Waals surface area contributed by atoms with E-state index in [0.29, 0.717) is 0 Å². The van der Waals surface area contributed by atoms with Crippen LogP contribution in [0.5, 0.6) is 0 Å². The first-order valence-corrected chi connectivity index (χ1v) is 15.5. The third-order valence-corrected chi connectivity index (χ3v) is 8.22. The summed E-state index contributed by atoms with van der Waals surface area (Å²) in [4.78, 5) is 0. The zero-order valence-electron chi connectivity index (χ0n) is 21.3. The van der Waals surface area contributed by atoms with Crippen LogP contribution in [0.25, 0.3) is 0 Å². The number of thiocarbonyl (C=S) groups is 1. The van der Waals surface area contributed by atoms with Crippen LogP contribution in [-0.2, 0) is 24.0 Å². The van der Waals surface area contributed by atoms with Crippen molar-refractivity contribution in [2.45, 2.75) is 6.92 Å². The molecule has 2 aromatic carbocycles. The van der Waals surface area contributed by atoms with Crippen LogP contribution in [0.15, 0.2) is 110 Å². The molecule has 0 spiro atoms. The molecule has 0 atom stereocenters. The number of nitrogens with zero attached hydrogens (tertiary/aromatic N) is 6. The zero-order valence-corrected chi connectivity index (χ0v) is 26.0. The van der Waals surface area contributed by atoms with Crippen LogP contribution in [0.4, 0.5) is 0 Å². The Labute approximate surface area is 241 Å². The van der Waals surface area contributed by atoms with E-state index in [0.717, 1.165) is 3.90 Å². The Hall–Kier alpha value is -3.05. The quantitative estimate of drug-likeness (QED) is 0.0874. The van der Waals surface area contributed by atoms with Gasteiger partial charge in [0.1, 0.15) is 0 Å². The number of aryl methyl sites for hydroxylation is 1. The van der Waals surface area contributed by atoms with Crippen molar-refractivity contribution in [2.75, 3.05) is 13.3 Å². The summed E-state index contributed by atoms with van der Waals surface area (Å²) in [5.74, 6) is 0. The Morgan fingerprint density at radius 3 is 1.58 bits per heavy atom. The van der Waals surface area contributed by atoms with Crippen molar-refractivity contribution in [1.82, 2.24) is 29.1 Å². The number of hydrogen-bond acceptors (Lipinski definition) is 4. The fraction of sp³-hybridized carbons (Fsp3) is 0.111. The largest absolute Gasteiger partial charge is 0.425 e. The van der Waals surface area contributed by atoms with Crippen LogP contribution in [0, 0.1) is 13.6 Å². The van der Waals surface area contributed by atoms with Crippen molar-refractivity contribution in [1.29, 1.82) is 0 Å². The van der Waals surface area contributed by atoms with E-state index in [2.05, 4.69) is 102 Å². The van der Waals surface area contributed by atoms with Gasteiger partial charge in [-0.2, -0.15) is 0 Å². The molecule has 0 aliphatic heterocycles. The molecule has 0 saturated heterocycles. The molecule has 11 heteroatoms. The normalized spacial score (nSPS) is 9.76. The average molecular weight is 709 g/mol. The fourth-order valence-corrected chi connectivity index (χ4v) is 4.48. The van der Waals surface area contributed by atoms with E-state index in [4.69, 9.17) is 16.9 Å². The van der Waals surface area contributed by atoms with Gasteiger partial charge in [-0.3, -0.25) is 0 Å². The van der Waals surface area contributed by atoms with Crippen molar-refractivity contribution in [3.05, 3.63) is 128 Å². The Morgan fingerprint density at radius 2 is 1.26 bits per heavy atom. The third-order valence-electron chi connectivity index (χ3n) is 4.96. The molecule has 7 nitrogen and oxygen atoms in total. The van der Waals surface area contributed by atoms with Crippen LogP contribution in [-0.4, -0.2) is 58.8 Å². The summed E-state index contributed by atoms with van der Waals surface area (Å²) in [5, 5.41) is 16.9. The molecule has 0 unspecified atom stereocenters. The molecule has 1 radical (unpaired) electrons. The minimum atomic E-state index is -0.194. The predicted octanol–water partition coefficient (Wildman–Crippen LogP) is 4.16. The Bertz CT molecular complexity index is 1260. The molecule has 0 amide bonds. The average Bonchev–Trinajstić information content (AvgIpc) is 3.77. The van der Waals surface area contributed by atoms with Crippen molar-refractivity contribution in [3.63, 3.8) is 0 Å². The Balaban J connectivity index is 0.000000203. The summed E-state index contributed by atoms with van der Waals surface area (Å²) in [5.41, 5.74) is 2.47. The molecule has 0 N–H and O–H groups in total. The molecule has 0 bridgehead atoms. The van der Waals surface area contributed by atoms with E-state index in [-0.39, 0.29) is 15.0 Å². The van der Waals surface area contributed by atoms with Gasteiger partial charge in [0.25, 0.3) is 7.12 Å². The van der Waals surface area contributed by atoms with Crippen molar-refractivity contribution in [3.8, 4) is 0 Å².